The van der Waals surface area contributed by atoms with Crippen molar-refractivity contribution in [2.75, 3.05) is 0 Å². The first-order chi connectivity index (χ1) is 13.6. The van der Waals surface area contributed by atoms with Crippen LogP contribution in [-0.2, 0) is 6.42 Å². The van der Waals surface area contributed by atoms with Gasteiger partial charge in [-0.25, -0.2) is 14.6 Å². The molecule has 0 saturated carbocycles. The number of thiophene rings is 1. The molecule has 136 valence electrons. The fraction of sp³-hybridized carbons (Fsp3) is 0.0476. The topological polar surface area (TPSA) is 71.6 Å². The highest BCUT2D eigenvalue weighted by atomic mass is 32.1. The largest absolute Gasteiger partial charge is 0.478 e. The average molecular weight is 404 g/mol. The van der Waals surface area contributed by atoms with Gasteiger partial charge in [0.15, 0.2) is 11.5 Å². The van der Waals surface area contributed by atoms with Crippen molar-refractivity contribution in [2.45, 2.75) is 6.42 Å². The lowest BCUT2D eigenvalue weighted by Gasteiger charge is -2.05. The first-order valence-electron chi connectivity index (χ1n) is 8.25. The van der Waals surface area contributed by atoms with E-state index in [-0.39, 0.29) is 17.8 Å². The summed E-state index contributed by atoms with van der Waals surface area (Å²) in [4.78, 5) is 32.8. The molecule has 0 aliphatic heterocycles. The van der Waals surface area contributed by atoms with Gasteiger partial charge >= 0.3 is 5.97 Å². The zero-order valence-corrected chi connectivity index (χ0v) is 16.0. The molecule has 4 aromatic rings. The lowest BCUT2D eigenvalue weighted by Crippen LogP contribution is -2.08. The van der Waals surface area contributed by atoms with Crippen LogP contribution in [-0.4, -0.2) is 21.8 Å². The number of ketones is 1. The number of carboxylic acids is 1. The third-order valence-corrected chi connectivity index (χ3v) is 6.23. The molecule has 0 amide bonds. The van der Waals surface area contributed by atoms with Crippen LogP contribution in [0.2, 0.25) is 0 Å². The van der Waals surface area contributed by atoms with Gasteiger partial charge in [0.2, 0.25) is 0 Å². The molecule has 4 rings (SSSR count). The van der Waals surface area contributed by atoms with Gasteiger partial charge in [0.05, 0.1) is 27.9 Å². The first kappa shape index (κ1) is 18.0. The van der Waals surface area contributed by atoms with Crippen molar-refractivity contribution < 1.29 is 14.7 Å². The Bertz CT molecular complexity index is 1250. The van der Waals surface area contributed by atoms with E-state index in [2.05, 4.69) is 9.83 Å². The van der Waals surface area contributed by atoms with E-state index in [0.29, 0.717) is 21.7 Å². The van der Waals surface area contributed by atoms with Crippen LogP contribution in [0, 0.1) is 6.57 Å². The Morgan fingerprint density at radius 3 is 2.61 bits per heavy atom. The normalized spacial score (nSPS) is 10.7. The molecule has 2 heterocycles. The van der Waals surface area contributed by atoms with Crippen molar-refractivity contribution in [1.29, 1.82) is 0 Å². The van der Waals surface area contributed by atoms with Crippen molar-refractivity contribution >= 4 is 50.3 Å². The molecular formula is C21H12N2O3S2. The van der Waals surface area contributed by atoms with Crippen LogP contribution in [0.15, 0.2) is 53.4 Å². The fourth-order valence-electron chi connectivity index (χ4n) is 2.96. The predicted molar refractivity (Wildman–Crippen MR) is 111 cm³/mol. The Morgan fingerprint density at radius 2 is 1.89 bits per heavy atom. The second-order valence-corrected chi connectivity index (χ2v) is 7.83. The number of carbonyl (C=O) groups excluding carboxylic acids is 1. The molecule has 2 aromatic carbocycles. The monoisotopic (exact) mass is 404 g/mol. The maximum absolute atomic E-state index is 12.7. The summed E-state index contributed by atoms with van der Waals surface area (Å²) in [6.45, 7) is 7.02. The van der Waals surface area contributed by atoms with Crippen LogP contribution in [0.25, 0.3) is 25.5 Å². The van der Waals surface area contributed by atoms with Gasteiger partial charge in [0.1, 0.15) is 0 Å². The highest BCUT2D eigenvalue weighted by Gasteiger charge is 2.22. The quantitative estimate of drug-likeness (QED) is 0.342. The molecule has 5 nitrogen and oxygen atoms in total. The van der Waals surface area contributed by atoms with E-state index in [1.807, 2.05) is 6.07 Å². The summed E-state index contributed by atoms with van der Waals surface area (Å²) in [6.07, 6.45) is 0.00785. The van der Waals surface area contributed by atoms with Gasteiger partial charge < -0.3 is 5.11 Å². The summed E-state index contributed by atoms with van der Waals surface area (Å²) in [7, 11) is 0. The zero-order chi connectivity index (χ0) is 19.7. The predicted octanol–water partition coefficient (Wildman–Crippen LogP) is 5.70. The summed E-state index contributed by atoms with van der Waals surface area (Å²) >= 11 is 2.80. The average Bonchev–Trinajstić information content (AvgIpc) is 3.34. The number of benzene rings is 2. The molecule has 0 saturated heterocycles. The number of fused-ring (bicyclic) bond motifs is 1. The fourth-order valence-corrected chi connectivity index (χ4v) is 4.69. The Balaban J connectivity index is 1.67. The molecule has 0 aliphatic carbocycles. The van der Waals surface area contributed by atoms with Crippen LogP contribution in [0.4, 0.5) is 5.69 Å². The third kappa shape index (κ3) is 3.31. The second-order valence-electron chi connectivity index (χ2n) is 6.06. The van der Waals surface area contributed by atoms with E-state index < -0.39 is 5.97 Å². The van der Waals surface area contributed by atoms with Crippen LogP contribution in [0.5, 0.6) is 0 Å². The van der Waals surface area contributed by atoms with Crippen molar-refractivity contribution in [1.82, 2.24) is 4.98 Å². The van der Waals surface area contributed by atoms with E-state index in [1.54, 1.807) is 47.3 Å². The van der Waals surface area contributed by atoms with Crippen LogP contribution in [0.3, 0.4) is 0 Å². The van der Waals surface area contributed by atoms with Gasteiger partial charge in [0.25, 0.3) is 0 Å². The summed E-state index contributed by atoms with van der Waals surface area (Å²) in [5.41, 5.74) is 4.85. The van der Waals surface area contributed by atoms with Crippen LogP contribution < -0.4 is 0 Å². The van der Waals surface area contributed by atoms with E-state index >= 15 is 0 Å². The SMILES string of the molecule is [C-]#[N+]c1ccc(-c2scc(CC(=O)c3ccc4scnc4c3)c2C(=O)O)cc1. The molecule has 0 atom stereocenters. The minimum absolute atomic E-state index is 0.00785. The van der Waals surface area contributed by atoms with Crippen molar-refractivity contribution in [3.8, 4) is 10.4 Å². The van der Waals surface area contributed by atoms with Gasteiger partial charge in [0, 0.05) is 16.9 Å². The standard InChI is InChI=1S/C21H12N2O3S2/c1-22-15-5-2-12(3-6-15)20-19(21(25)26)14(10-27-20)9-17(24)13-4-7-18-16(8-13)23-11-28-18/h2-8,10-11H,9H2,(H,25,26). The van der Waals surface area contributed by atoms with Crippen LogP contribution >= 0.6 is 22.7 Å². The van der Waals surface area contributed by atoms with E-state index in [9.17, 15) is 14.7 Å². The van der Waals surface area contributed by atoms with Crippen LogP contribution in [0.1, 0.15) is 26.3 Å². The molecule has 7 heteroatoms. The Kier molecular flexibility index (Phi) is 4.74. The first-order valence-corrected chi connectivity index (χ1v) is 10.0. The van der Waals surface area contributed by atoms with Crippen molar-refractivity contribution in [3.05, 3.63) is 81.5 Å². The Labute approximate surface area is 168 Å². The molecule has 28 heavy (non-hydrogen) atoms. The molecule has 0 bridgehead atoms. The van der Waals surface area contributed by atoms with Crippen molar-refractivity contribution in [2.24, 2.45) is 0 Å². The summed E-state index contributed by atoms with van der Waals surface area (Å²) in [5.74, 6) is -1.21. The molecule has 1 N–H and O–H groups in total. The van der Waals surface area contributed by atoms with Gasteiger partial charge in [-0.15, -0.1) is 22.7 Å². The lowest BCUT2D eigenvalue weighted by molar-refractivity contribution is 0.0697. The van der Waals surface area contributed by atoms with Gasteiger partial charge in [-0.2, -0.15) is 0 Å². The van der Waals surface area contributed by atoms with Gasteiger partial charge in [-0.3, -0.25) is 4.79 Å². The molecule has 0 fully saturated rings. The number of aromatic nitrogens is 1. The number of aromatic carboxylic acids is 1. The minimum atomic E-state index is -1.07. The number of Topliss-reactive ketones (excluding diaryl/α,β-unsaturated/α-hetero) is 1. The number of nitrogens with zero attached hydrogens (tertiary/aromatic N) is 2. The maximum atomic E-state index is 12.7. The summed E-state index contributed by atoms with van der Waals surface area (Å²) in [5, 5.41) is 11.5. The third-order valence-electron chi connectivity index (χ3n) is 4.34. The molecular weight excluding hydrogens is 392 g/mol. The molecule has 0 aliphatic rings. The maximum Gasteiger partial charge on any atom is 0.337 e. The number of carbonyl (C=O) groups is 2. The summed E-state index contributed by atoms with van der Waals surface area (Å²) in [6, 6.07) is 12.1. The number of rotatable bonds is 5. The second kappa shape index (κ2) is 7.35. The van der Waals surface area contributed by atoms with E-state index in [0.717, 1.165) is 15.8 Å². The Morgan fingerprint density at radius 1 is 1.11 bits per heavy atom. The van der Waals surface area contributed by atoms with Gasteiger partial charge in [-0.1, -0.05) is 24.3 Å². The highest BCUT2D eigenvalue weighted by Crippen LogP contribution is 2.34. The number of hydrogen-bond donors (Lipinski definition) is 1. The highest BCUT2D eigenvalue weighted by molar-refractivity contribution is 7.16. The smallest absolute Gasteiger partial charge is 0.337 e. The van der Waals surface area contributed by atoms with E-state index in [4.69, 9.17) is 6.57 Å². The number of thiazole rings is 1. The summed E-state index contributed by atoms with van der Waals surface area (Å²) < 4.78 is 1.00. The minimum Gasteiger partial charge on any atom is -0.478 e. The molecule has 0 unspecified atom stereocenters. The molecule has 2 aromatic heterocycles. The Hall–Kier alpha value is -3.34. The molecule has 0 spiro atoms. The number of carboxylic acid groups (broad SMARTS) is 1. The lowest BCUT2D eigenvalue weighted by atomic mass is 9.99. The molecule has 0 radical (unpaired) electrons. The number of hydrogen-bond acceptors (Lipinski definition) is 5. The van der Waals surface area contributed by atoms with Gasteiger partial charge in [-0.05, 0) is 34.7 Å². The van der Waals surface area contributed by atoms with E-state index in [1.165, 1.54) is 22.7 Å². The zero-order valence-electron chi connectivity index (χ0n) is 14.4. The van der Waals surface area contributed by atoms with Crippen molar-refractivity contribution in [3.63, 3.8) is 0 Å².